The largest absolute Gasteiger partial charge is 0.481 e. The fourth-order valence-electron chi connectivity index (χ4n) is 1.84. The van der Waals surface area contributed by atoms with Crippen LogP contribution in [-0.2, 0) is 4.79 Å². The lowest BCUT2D eigenvalue weighted by molar-refractivity contribution is -0.118. The van der Waals surface area contributed by atoms with Crippen LogP contribution in [-0.4, -0.2) is 29.6 Å². The minimum absolute atomic E-state index is 0.0251. The zero-order chi connectivity index (χ0) is 16.1. The number of rotatable bonds is 5. The molecule has 7 heteroatoms. The van der Waals surface area contributed by atoms with E-state index in [9.17, 15) is 9.18 Å². The van der Waals surface area contributed by atoms with Crippen LogP contribution >= 0.6 is 0 Å². The van der Waals surface area contributed by atoms with Gasteiger partial charge in [-0.15, -0.1) is 0 Å². The van der Waals surface area contributed by atoms with Gasteiger partial charge in [-0.3, -0.25) is 4.79 Å². The van der Waals surface area contributed by atoms with Crippen molar-refractivity contribution in [2.24, 2.45) is 0 Å². The van der Waals surface area contributed by atoms with Gasteiger partial charge in [0.05, 0.1) is 24.2 Å². The number of anilines is 1. The number of carbonyl (C=O) groups excluding carboxylic acids is 1. The van der Waals surface area contributed by atoms with Crippen LogP contribution in [0.25, 0.3) is 0 Å². The Morgan fingerprint density at radius 2 is 1.86 bits per heavy atom. The van der Waals surface area contributed by atoms with Gasteiger partial charge in [-0.05, 0) is 26.0 Å². The van der Waals surface area contributed by atoms with E-state index in [1.807, 2.05) is 0 Å². The summed E-state index contributed by atoms with van der Waals surface area (Å²) < 4.78 is 23.5. The first-order valence-corrected chi connectivity index (χ1v) is 6.57. The summed E-state index contributed by atoms with van der Waals surface area (Å²) in [5, 5.41) is 2.65. The van der Waals surface area contributed by atoms with Crippen LogP contribution in [0.4, 0.5) is 10.1 Å². The molecule has 0 aliphatic heterocycles. The molecule has 6 nitrogen and oxygen atoms in total. The third-order valence-corrected chi connectivity index (χ3v) is 2.89. The molecule has 0 saturated carbocycles. The molecule has 0 spiro atoms. The molecule has 22 heavy (non-hydrogen) atoms. The second kappa shape index (κ2) is 6.84. The number of aryl methyl sites for hydroxylation is 2. The Hall–Kier alpha value is -2.70. The maximum atomic E-state index is 13.4. The molecule has 0 fully saturated rings. The minimum atomic E-state index is -0.518. The molecule has 0 aliphatic rings. The van der Waals surface area contributed by atoms with Crippen LogP contribution in [0.1, 0.15) is 11.4 Å². The number of ether oxygens (including phenoxy) is 2. The van der Waals surface area contributed by atoms with Gasteiger partial charge in [0.2, 0.25) is 0 Å². The van der Waals surface area contributed by atoms with E-state index in [1.165, 1.54) is 19.2 Å². The Morgan fingerprint density at radius 1 is 1.23 bits per heavy atom. The lowest BCUT2D eigenvalue weighted by Gasteiger charge is -2.12. The van der Waals surface area contributed by atoms with Gasteiger partial charge in [0.15, 0.2) is 18.2 Å². The number of halogens is 1. The average Bonchev–Trinajstić information content (AvgIpc) is 2.49. The number of aromatic nitrogens is 2. The van der Waals surface area contributed by atoms with E-state index in [1.54, 1.807) is 26.0 Å². The molecular formula is C15H16FN3O3. The van der Waals surface area contributed by atoms with Crippen LogP contribution in [0.15, 0.2) is 24.3 Å². The predicted molar refractivity (Wildman–Crippen MR) is 78.6 cm³/mol. The molecule has 0 unspecified atom stereocenters. The van der Waals surface area contributed by atoms with Gasteiger partial charge >= 0.3 is 6.01 Å². The number of para-hydroxylation sites is 1. The summed E-state index contributed by atoms with van der Waals surface area (Å²) in [7, 11) is 1.47. The van der Waals surface area contributed by atoms with Gasteiger partial charge in [0, 0.05) is 0 Å². The smallest absolute Gasteiger partial charge is 0.316 e. The highest BCUT2D eigenvalue weighted by atomic mass is 19.1. The third kappa shape index (κ3) is 3.69. The molecule has 1 heterocycles. The molecule has 0 bridgehead atoms. The molecule has 1 aromatic heterocycles. The molecule has 0 radical (unpaired) electrons. The molecule has 1 amide bonds. The highest BCUT2D eigenvalue weighted by Crippen LogP contribution is 2.19. The molecular weight excluding hydrogens is 289 g/mol. The number of nitrogens with one attached hydrogen (secondary N) is 1. The molecule has 0 aliphatic carbocycles. The van der Waals surface area contributed by atoms with E-state index in [2.05, 4.69) is 15.3 Å². The predicted octanol–water partition coefficient (Wildman–Crippen LogP) is 2.26. The van der Waals surface area contributed by atoms with Crippen LogP contribution in [0.5, 0.6) is 11.8 Å². The monoisotopic (exact) mass is 305 g/mol. The standard InChI is InChI=1S/C15H16FN3O3/c1-9-14(10(2)18-15(17-9)21-3)19-13(20)8-22-12-7-5-4-6-11(12)16/h4-7H,8H2,1-3H3,(H,19,20). The van der Waals surface area contributed by atoms with E-state index in [0.717, 1.165) is 0 Å². The van der Waals surface area contributed by atoms with Crippen molar-refractivity contribution in [1.82, 2.24) is 9.97 Å². The zero-order valence-corrected chi connectivity index (χ0v) is 12.5. The van der Waals surface area contributed by atoms with Crippen LogP contribution in [0.3, 0.4) is 0 Å². The Balaban J connectivity index is 2.02. The Labute approximate surface area is 127 Å². The van der Waals surface area contributed by atoms with E-state index in [4.69, 9.17) is 9.47 Å². The average molecular weight is 305 g/mol. The second-order valence-corrected chi connectivity index (χ2v) is 4.52. The molecule has 2 aromatic rings. The van der Waals surface area contributed by atoms with E-state index in [-0.39, 0.29) is 18.4 Å². The number of hydrogen-bond donors (Lipinski definition) is 1. The van der Waals surface area contributed by atoms with Gasteiger partial charge in [-0.1, -0.05) is 12.1 Å². The third-order valence-electron chi connectivity index (χ3n) is 2.89. The van der Waals surface area contributed by atoms with Crippen molar-refractivity contribution < 1.29 is 18.7 Å². The quantitative estimate of drug-likeness (QED) is 0.917. The Bertz CT molecular complexity index is 668. The molecule has 1 aromatic carbocycles. The first-order chi connectivity index (χ1) is 10.5. The Morgan fingerprint density at radius 3 is 2.45 bits per heavy atom. The molecule has 2 rings (SSSR count). The number of amides is 1. The van der Waals surface area contributed by atoms with Crippen LogP contribution in [0, 0.1) is 19.7 Å². The van der Waals surface area contributed by atoms with Gasteiger partial charge in [-0.25, -0.2) is 4.39 Å². The molecule has 116 valence electrons. The molecule has 0 saturated heterocycles. The van der Waals surface area contributed by atoms with Crippen LogP contribution < -0.4 is 14.8 Å². The van der Waals surface area contributed by atoms with Crippen molar-refractivity contribution in [1.29, 1.82) is 0 Å². The summed E-state index contributed by atoms with van der Waals surface area (Å²) in [5.41, 5.74) is 1.63. The SMILES string of the molecule is COc1nc(C)c(NC(=O)COc2ccccc2F)c(C)n1. The van der Waals surface area contributed by atoms with E-state index in [0.29, 0.717) is 17.1 Å². The normalized spacial score (nSPS) is 10.2. The number of benzene rings is 1. The number of carbonyl (C=O) groups is 1. The summed E-state index contributed by atoms with van der Waals surface area (Å²) in [5.74, 6) is -0.921. The number of hydrogen-bond acceptors (Lipinski definition) is 5. The number of nitrogens with zero attached hydrogens (tertiary/aromatic N) is 2. The van der Waals surface area contributed by atoms with Crippen molar-refractivity contribution in [3.63, 3.8) is 0 Å². The van der Waals surface area contributed by atoms with Crippen molar-refractivity contribution in [2.75, 3.05) is 19.0 Å². The fourth-order valence-corrected chi connectivity index (χ4v) is 1.84. The summed E-state index contributed by atoms with van der Waals surface area (Å²) in [4.78, 5) is 20.1. The lowest BCUT2D eigenvalue weighted by Crippen LogP contribution is -2.22. The van der Waals surface area contributed by atoms with Crippen molar-refractivity contribution >= 4 is 11.6 Å². The maximum Gasteiger partial charge on any atom is 0.316 e. The number of methoxy groups -OCH3 is 1. The van der Waals surface area contributed by atoms with Crippen LogP contribution in [0.2, 0.25) is 0 Å². The lowest BCUT2D eigenvalue weighted by atomic mass is 10.3. The van der Waals surface area contributed by atoms with Gasteiger partial charge in [0.1, 0.15) is 0 Å². The summed E-state index contributed by atoms with van der Waals surface area (Å²) >= 11 is 0. The summed E-state index contributed by atoms with van der Waals surface area (Å²) in [6.45, 7) is 3.14. The topological polar surface area (TPSA) is 73.3 Å². The summed E-state index contributed by atoms with van der Waals surface area (Å²) in [6, 6.07) is 6.12. The highest BCUT2D eigenvalue weighted by Gasteiger charge is 2.13. The maximum absolute atomic E-state index is 13.4. The van der Waals surface area contributed by atoms with Crippen molar-refractivity contribution in [2.45, 2.75) is 13.8 Å². The first-order valence-electron chi connectivity index (χ1n) is 6.57. The zero-order valence-electron chi connectivity index (χ0n) is 12.5. The minimum Gasteiger partial charge on any atom is -0.481 e. The molecule has 0 atom stereocenters. The second-order valence-electron chi connectivity index (χ2n) is 4.52. The van der Waals surface area contributed by atoms with Gasteiger partial charge in [0.25, 0.3) is 5.91 Å². The van der Waals surface area contributed by atoms with Crippen molar-refractivity contribution in [3.8, 4) is 11.8 Å². The van der Waals surface area contributed by atoms with E-state index < -0.39 is 11.7 Å². The summed E-state index contributed by atoms with van der Waals surface area (Å²) in [6.07, 6.45) is 0. The first kappa shape index (κ1) is 15.7. The van der Waals surface area contributed by atoms with Gasteiger partial charge in [-0.2, -0.15) is 9.97 Å². The van der Waals surface area contributed by atoms with Gasteiger partial charge < -0.3 is 14.8 Å². The fraction of sp³-hybridized carbons (Fsp3) is 0.267. The highest BCUT2D eigenvalue weighted by molar-refractivity contribution is 5.92. The van der Waals surface area contributed by atoms with E-state index >= 15 is 0 Å². The Kier molecular flexibility index (Phi) is 4.88. The molecule has 1 N–H and O–H groups in total. The van der Waals surface area contributed by atoms with Crippen molar-refractivity contribution in [3.05, 3.63) is 41.5 Å².